The standard InChI is InChI=1S/C12H24/c1-5-10(2)6-7-11-8-9-12(11,3)4/h10-11H,5-9H2,1-4H3. The fourth-order valence-corrected chi connectivity index (χ4v) is 2.15. The molecule has 0 heterocycles. The van der Waals surface area contributed by atoms with Crippen LogP contribution >= 0.6 is 0 Å². The van der Waals surface area contributed by atoms with Gasteiger partial charge in [-0.05, 0) is 36.5 Å². The second-order valence-electron chi connectivity index (χ2n) is 5.31. The molecule has 0 spiro atoms. The highest BCUT2D eigenvalue weighted by Gasteiger charge is 2.37. The van der Waals surface area contributed by atoms with Crippen LogP contribution in [0.2, 0.25) is 0 Å². The third-order valence-electron chi connectivity index (χ3n) is 3.95. The molecule has 0 heteroatoms. The zero-order valence-electron chi connectivity index (χ0n) is 9.19. The molecule has 1 saturated carbocycles. The Kier molecular flexibility index (Phi) is 3.20. The van der Waals surface area contributed by atoms with Crippen molar-refractivity contribution in [3.8, 4) is 0 Å². The maximum absolute atomic E-state index is 2.43. The molecule has 0 aliphatic heterocycles. The van der Waals surface area contributed by atoms with Gasteiger partial charge in [-0.3, -0.25) is 0 Å². The largest absolute Gasteiger partial charge is 0.0651 e. The lowest BCUT2D eigenvalue weighted by atomic mass is 9.61. The normalized spacial score (nSPS) is 29.5. The van der Waals surface area contributed by atoms with E-state index < -0.39 is 0 Å². The van der Waals surface area contributed by atoms with Crippen molar-refractivity contribution in [2.75, 3.05) is 0 Å². The Labute approximate surface area is 77.7 Å². The predicted molar refractivity (Wildman–Crippen MR) is 55.2 cm³/mol. The van der Waals surface area contributed by atoms with Crippen LogP contribution in [0.4, 0.5) is 0 Å². The highest BCUT2D eigenvalue weighted by Crippen LogP contribution is 2.48. The molecule has 72 valence electrons. The monoisotopic (exact) mass is 168 g/mol. The number of rotatable bonds is 4. The molecule has 0 aromatic rings. The molecule has 2 unspecified atom stereocenters. The SMILES string of the molecule is CCC(C)CCC1CCC1(C)C. The van der Waals surface area contributed by atoms with E-state index in [1.807, 2.05) is 0 Å². The summed E-state index contributed by atoms with van der Waals surface area (Å²) in [6.45, 7) is 9.54. The number of hydrogen-bond donors (Lipinski definition) is 0. The lowest BCUT2D eigenvalue weighted by molar-refractivity contribution is 0.0592. The van der Waals surface area contributed by atoms with E-state index in [0.29, 0.717) is 5.41 Å². The van der Waals surface area contributed by atoms with Crippen molar-refractivity contribution >= 4 is 0 Å². The average Bonchev–Trinajstić information content (AvgIpc) is 2.02. The van der Waals surface area contributed by atoms with E-state index >= 15 is 0 Å². The van der Waals surface area contributed by atoms with Crippen molar-refractivity contribution in [2.24, 2.45) is 17.3 Å². The molecular weight excluding hydrogens is 144 g/mol. The van der Waals surface area contributed by atoms with Gasteiger partial charge in [0.2, 0.25) is 0 Å². The molecule has 2 atom stereocenters. The lowest BCUT2D eigenvalue weighted by Crippen LogP contribution is -2.34. The van der Waals surface area contributed by atoms with E-state index in [1.54, 1.807) is 0 Å². The molecule has 12 heavy (non-hydrogen) atoms. The summed E-state index contributed by atoms with van der Waals surface area (Å²) >= 11 is 0. The Hall–Kier alpha value is 0. The zero-order valence-corrected chi connectivity index (χ0v) is 9.19. The Morgan fingerprint density at radius 2 is 2.08 bits per heavy atom. The van der Waals surface area contributed by atoms with E-state index in [0.717, 1.165) is 11.8 Å². The second-order valence-corrected chi connectivity index (χ2v) is 5.31. The van der Waals surface area contributed by atoms with E-state index in [4.69, 9.17) is 0 Å². The number of hydrogen-bond acceptors (Lipinski definition) is 0. The van der Waals surface area contributed by atoms with Crippen molar-refractivity contribution in [1.29, 1.82) is 0 Å². The van der Waals surface area contributed by atoms with Gasteiger partial charge in [-0.2, -0.15) is 0 Å². The maximum Gasteiger partial charge on any atom is -0.0326 e. The maximum atomic E-state index is 2.43. The van der Waals surface area contributed by atoms with E-state index in [-0.39, 0.29) is 0 Å². The quantitative estimate of drug-likeness (QED) is 0.588. The third kappa shape index (κ3) is 2.24. The van der Waals surface area contributed by atoms with Crippen LogP contribution in [0, 0.1) is 17.3 Å². The summed E-state index contributed by atoms with van der Waals surface area (Å²) in [6, 6.07) is 0. The van der Waals surface area contributed by atoms with Gasteiger partial charge in [0, 0.05) is 0 Å². The Morgan fingerprint density at radius 1 is 1.42 bits per heavy atom. The summed E-state index contributed by atoms with van der Waals surface area (Å²) < 4.78 is 0. The first-order valence-electron chi connectivity index (χ1n) is 5.56. The van der Waals surface area contributed by atoms with E-state index in [1.165, 1.54) is 32.1 Å². The van der Waals surface area contributed by atoms with Crippen molar-refractivity contribution in [1.82, 2.24) is 0 Å². The van der Waals surface area contributed by atoms with Gasteiger partial charge < -0.3 is 0 Å². The molecule has 1 aliphatic carbocycles. The van der Waals surface area contributed by atoms with E-state index in [9.17, 15) is 0 Å². The molecule has 0 N–H and O–H groups in total. The van der Waals surface area contributed by atoms with Gasteiger partial charge in [-0.1, -0.05) is 40.5 Å². The highest BCUT2D eigenvalue weighted by atomic mass is 14.4. The van der Waals surface area contributed by atoms with Gasteiger partial charge in [0.1, 0.15) is 0 Å². The molecular formula is C12H24. The average molecular weight is 168 g/mol. The summed E-state index contributed by atoms with van der Waals surface area (Å²) in [4.78, 5) is 0. The van der Waals surface area contributed by atoms with Crippen molar-refractivity contribution < 1.29 is 0 Å². The molecule has 0 bridgehead atoms. The zero-order chi connectivity index (χ0) is 9.19. The van der Waals surface area contributed by atoms with Gasteiger partial charge in [-0.25, -0.2) is 0 Å². The van der Waals surface area contributed by atoms with Gasteiger partial charge >= 0.3 is 0 Å². The molecule has 0 aromatic carbocycles. The van der Waals surface area contributed by atoms with Crippen LogP contribution in [-0.4, -0.2) is 0 Å². The van der Waals surface area contributed by atoms with Crippen molar-refractivity contribution in [2.45, 2.75) is 59.8 Å². The fraction of sp³-hybridized carbons (Fsp3) is 1.00. The molecule has 1 aliphatic rings. The van der Waals surface area contributed by atoms with Crippen LogP contribution < -0.4 is 0 Å². The summed E-state index contributed by atoms with van der Waals surface area (Å²) in [6.07, 6.45) is 7.22. The van der Waals surface area contributed by atoms with Crippen LogP contribution in [0.1, 0.15) is 59.8 Å². The first-order chi connectivity index (χ1) is 5.56. The lowest BCUT2D eigenvalue weighted by Gasteiger charge is -2.45. The molecule has 0 nitrogen and oxygen atoms in total. The first kappa shape index (κ1) is 10.1. The molecule has 0 radical (unpaired) electrons. The topological polar surface area (TPSA) is 0 Å². The summed E-state index contributed by atoms with van der Waals surface area (Å²) in [5, 5.41) is 0. The van der Waals surface area contributed by atoms with Gasteiger partial charge in [0.15, 0.2) is 0 Å². The molecule has 1 fully saturated rings. The Bertz CT molecular complexity index is 135. The second kappa shape index (κ2) is 3.81. The minimum Gasteiger partial charge on any atom is -0.0651 e. The summed E-state index contributed by atoms with van der Waals surface area (Å²) in [7, 11) is 0. The first-order valence-corrected chi connectivity index (χ1v) is 5.56. The van der Waals surface area contributed by atoms with Gasteiger partial charge in [-0.15, -0.1) is 0 Å². The van der Waals surface area contributed by atoms with Crippen molar-refractivity contribution in [3.63, 3.8) is 0 Å². The van der Waals surface area contributed by atoms with Crippen LogP contribution in [0.25, 0.3) is 0 Å². The van der Waals surface area contributed by atoms with Crippen LogP contribution in [0.3, 0.4) is 0 Å². The van der Waals surface area contributed by atoms with Gasteiger partial charge in [0.05, 0.1) is 0 Å². The van der Waals surface area contributed by atoms with Gasteiger partial charge in [0.25, 0.3) is 0 Å². The highest BCUT2D eigenvalue weighted by molar-refractivity contribution is 4.88. The van der Waals surface area contributed by atoms with Crippen LogP contribution in [-0.2, 0) is 0 Å². The predicted octanol–water partition coefficient (Wildman–Crippen LogP) is 4.25. The Morgan fingerprint density at radius 3 is 2.42 bits per heavy atom. The third-order valence-corrected chi connectivity index (χ3v) is 3.95. The van der Waals surface area contributed by atoms with Crippen LogP contribution in [0.5, 0.6) is 0 Å². The minimum absolute atomic E-state index is 0.674. The van der Waals surface area contributed by atoms with Crippen LogP contribution in [0.15, 0.2) is 0 Å². The van der Waals surface area contributed by atoms with Crippen molar-refractivity contribution in [3.05, 3.63) is 0 Å². The minimum atomic E-state index is 0.674. The Balaban J connectivity index is 2.16. The molecule has 1 rings (SSSR count). The fourth-order valence-electron chi connectivity index (χ4n) is 2.15. The molecule has 0 saturated heterocycles. The van der Waals surface area contributed by atoms with E-state index in [2.05, 4.69) is 27.7 Å². The molecule has 0 aromatic heterocycles. The molecule has 0 amide bonds. The summed E-state index contributed by atoms with van der Waals surface area (Å²) in [5.41, 5.74) is 0.674. The summed E-state index contributed by atoms with van der Waals surface area (Å²) in [5.74, 6) is 1.98. The smallest absolute Gasteiger partial charge is 0.0326 e.